The van der Waals surface area contributed by atoms with Crippen molar-refractivity contribution in [3.05, 3.63) is 45.1 Å². The van der Waals surface area contributed by atoms with Crippen molar-refractivity contribution in [2.45, 2.75) is 6.54 Å². The lowest BCUT2D eigenvalue weighted by molar-refractivity contribution is -0.126. The van der Waals surface area contributed by atoms with Crippen molar-refractivity contribution in [3.8, 4) is 0 Å². The lowest BCUT2D eigenvalue weighted by atomic mass is 10.2. The average Bonchev–Trinajstić information content (AvgIpc) is 2.49. The van der Waals surface area contributed by atoms with Crippen LogP contribution in [0, 0.1) is 0 Å². The number of benzene rings is 1. The largest absolute Gasteiger partial charge is 0.345 e. The molecule has 9 heteroatoms. The second-order valence-electron chi connectivity index (χ2n) is 4.21. The fourth-order valence-electron chi connectivity index (χ4n) is 1.77. The highest BCUT2D eigenvalue weighted by Gasteiger charge is 2.11. The van der Waals surface area contributed by atoms with Gasteiger partial charge < -0.3 is 10.3 Å². The molecule has 2 amide bonds. The van der Waals surface area contributed by atoms with Gasteiger partial charge in [-0.15, -0.1) is 0 Å². The molecule has 0 unspecified atom stereocenters. The normalized spacial score (nSPS) is 10.3. The van der Waals surface area contributed by atoms with E-state index in [1.165, 1.54) is 0 Å². The van der Waals surface area contributed by atoms with E-state index in [9.17, 15) is 19.2 Å². The molecule has 1 aromatic heterocycles. The molecule has 2 rings (SSSR count). The Morgan fingerprint density at radius 1 is 1.19 bits per heavy atom. The Labute approximate surface area is 117 Å². The molecular weight excluding hydrogens is 278 g/mol. The van der Waals surface area contributed by atoms with E-state index in [-0.39, 0.29) is 6.54 Å². The molecule has 0 saturated heterocycles. The minimum atomic E-state index is -0.697. The van der Waals surface area contributed by atoms with Crippen LogP contribution in [0.25, 0.3) is 10.9 Å². The van der Waals surface area contributed by atoms with Gasteiger partial charge in [-0.1, -0.05) is 12.1 Å². The molecule has 1 aromatic carbocycles. The average molecular weight is 291 g/mol. The quantitative estimate of drug-likeness (QED) is 0.287. The molecule has 5 N–H and O–H groups in total. The number of nitrogens with one attached hydrogen (secondary N) is 3. The molecule has 0 spiro atoms. The van der Waals surface area contributed by atoms with Crippen molar-refractivity contribution in [1.29, 1.82) is 0 Å². The van der Waals surface area contributed by atoms with E-state index in [1.807, 2.05) is 5.43 Å². The third kappa shape index (κ3) is 3.15. The van der Waals surface area contributed by atoms with Crippen LogP contribution in [0.3, 0.4) is 0 Å². The number of hydrogen-bond acceptors (Lipinski definition) is 5. The molecule has 9 nitrogen and oxygen atoms in total. The predicted molar refractivity (Wildman–Crippen MR) is 74.2 cm³/mol. The van der Waals surface area contributed by atoms with E-state index in [1.54, 1.807) is 24.3 Å². The molecule has 0 aliphatic heterocycles. The smallest absolute Gasteiger partial charge is 0.329 e. The number of H-pyrrole nitrogens is 1. The molecule has 110 valence electrons. The molecule has 0 atom stereocenters. The Hall–Kier alpha value is -2.94. The summed E-state index contributed by atoms with van der Waals surface area (Å²) < 4.78 is 0.762. The Kier molecular flexibility index (Phi) is 4.14. The Bertz CT molecular complexity index is 807. The summed E-state index contributed by atoms with van der Waals surface area (Å²) in [5, 5.41) is 2.54. The van der Waals surface area contributed by atoms with Crippen molar-refractivity contribution in [3.63, 3.8) is 0 Å². The van der Waals surface area contributed by atoms with Crippen molar-refractivity contribution in [2.24, 2.45) is 5.84 Å². The van der Waals surface area contributed by atoms with Gasteiger partial charge in [-0.2, -0.15) is 0 Å². The minimum Gasteiger partial charge on any atom is -0.345 e. The highest BCUT2D eigenvalue weighted by atomic mass is 16.2. The van der Waals surface area contributed by atoms with Gasteiger partial charge in [0.2, 0.25) is 5.91 Å². The van der Waals surface area contributed by atoms with Gasteiger partial charge in [0.1, 0.15) is 6.54 Å². The summed E-state index contributed by atoms with van der Waals surface area (Å²) in [7, 11) is 0. The van der Waals surface area contributed by atoms with Gasteiger partial charge in [-0.25, -0.2) is 10.6 Å². The first-order chi connectivity index (χ1) is 10.0. The zero-order valence-corrected chi connectivity index (χ0v) is 10.9. The highest BCUT2D eigenvalue weighted by Crippen LogP contribution is 2.02. The van der Waals surface area contributed by atoms with Gasteiger partial charge in [0, 0.05) is 0 Å². The lowest BCUT2D eigenvalue weighted by Crippen LogP contribution is -2.44. The van der Waals surface area contributed by atoms with Crippen LogP contribution in [0.2, 0.25) is 0 Å². The second kappa shape index (κ2) is 6.01. The molecule has 0 aliphatic carbocycles. The predicted octanol–water partition coefficient (Wildman–Crippen LogP) is -2.20. The Morgan fingerprint density at radius 3 is 2.62 bits per heavy atom. The first kappa shape index (κ1) is 14.5. The van der Waals surface area contributed by atoms with Crippen LogP contribution >= 0.6 is 0 Å². The summed E-state index contributed by atoms with van der Waals surface area (Å²) in [5.41, 5.74) is 0.963. The number of fused-ring (bicyclic) bond motifs is 1. The Balaban J connectivity index is 2.26. The van der Waals surface area contributed by atoms with Gasteiger partial charge in [0.15, 0.2) is 0 Å². The SMILES string of the molecule is NNC(=O)CNC(=O)Cn1c(=O)[nH]c2ccccc2c1=O. The number of carbonyl (C=O) groups excluding carboxylic acids is 2. The zero-order chi connectivity index (χ0) is 15.4. The summed E-state index contributed by atoms with van der Waals surface area (Å²) >= 11 is 0. The maximum Gasteiger partial charge on any atom is 0.329 e. The van der Waals surface area contributed by atoms with E-state index in [4.69, 9.17) is 5.84 Å². The number of nitrogens with two attached hydrogens (primary N) is 1. The number of rotatable bonds is 4. The standard InChI is InChI=1S/C12H13N5O4/c13-16-9(18)5-14-10(19)6-17-11(20)7-3-1-2-4-8(7)15-12(17)21/h1-4H,5-6,13H2,(H,14,19)(H,15,21)(H,16,18). The molecule has 0 fully saturated rings. The summed E-state index contributed by atoms with van der Waals surface area (Å²) in [4.78, 5) is 49.0. The first-order valence-electron chi connectivity index (χ1n) is 6.01. The number of hydrogen-bond donors (Lipinski definition) is 4. The number of nitrogens with zero attached hydrogens (tertiary/aromatic N) is 1. The van der Waals surface area contributed by atoms with Gasteiger partial charge in [-0.05, 0) is 12.1 Å². The monoisotopic (exact) mass is 291 g/mol. The molecular formula is C12H13N5O4. The van der Waals surface area contributed by atoms with Crippen LogP contribution in [0.1, 0.15) is 0 Å². The molecule has 21 heavy (non-hydrogen) atoms. The summed E-state index contributed by atoms with van der Waals surface area (Å²) in [6, 6.07) is 6.47. The van der Waals surface area contributed by atoms with Crippen LogP contribution in [0.4, 0.5) is 0 Å². The number of amides is 2. The number of aromatic amines is 1. The lowest BCUT2D eigenvalue weighted by Gasteiger charge is -2.07. The third-order valence-corrected chi connectivity index (χ3v) is 2.80. The number of hydrazine groups is 1. The van der Waals surface area contributed by atoms with Crippen LogP contribution in [-0.4, -0.2) is 27.9 Å². The van der Waals surface area contributed by atoms with E-state index in [2.05, 4.69) is 10.3 Å². The van der Waals surface area contributed by atoms with Crippen LogP contribution in [0.5, 0.6) is 0 Å². The molecule has 0 radical (unpaired) electrons. The molecule has 1 heterocycles. The maximum atomic E-state index is 12.1. The molecule has 0 aliphatic rings. The van der Waals surface area contributed by atoms with Gasteiger partial charge in [0.05, 0.1) is 17.4 Å². The Morgan fingerprint density at radius 2 is 1.90 bits per heavy atom. The summed E-state index contributed by atoms with van der Waals surface area (Å²) in [5.74, 6) is 3.61. The van der Waals surface area contributed by atoms with Crippen LogP contribution in [0.15, 0.2) is 33.9 Å². The van der Waals surface area contributed by atoms with E-state index >= 15 is 0 Å². The summed E-state index contributed by atoms with van der Waals surface area (Å²) in [6.07, 6.45) is 0. The van der Waals surface area contributed by atoms with E-state index in [0.717, 1.165) is 4.57 Å². The number of para-hydroxylation sites is 1. The molecule has 0 saturated carbocycles. The zero-order valence-electron chi connectivity index (χ0n) is 10.9. The second-order valence-corrected chi connectivity index (χ2v) is 4.21. The highest BCUT2D eigenvalue weighted by molar-refractivity contribution is 5.84. The van der Waals surface area contributed by atoms with Gasteiger partial charge in [0.25, 0.3) is 11.5 Å². The molecule has 0 bridgehead atoms. The van der Waals surface area contributed by atoms with Crippen LogP contribution in [-0.2, 0) is 16.1 Å². The minimum absolute atomic E-state index is 0.296. The number of aromatic nitrogens is 2. The maximum absolute atomic E-state index is 12.1. The van der Waals surface area contributed by atoms with E-state index in [0.29, 0.717) is 10.9 Å². The van der Waals surface area contributed by atoms with Crippen molar-refractivity contribution in [1.82, 2.24) is 20.3 Å². The summed E-state index contributed by atoms with van der Waals surface area (Å²) in [6.45, 7) is -0.827. The van der Waals surface area contributed by atoms with Gasteiger partial charge in [-0.3, -0.25) is 24.4 Å². The first-order valence-corrected chi connectivity index (χ1v) is 6.01. The number of carbonyl (C=O) groups is 2. The van der Waals surface area contributed by atoms with Gasteiger partial charge >= 0.3 is 5.69 Å². The fraction of sp³-hybridized carbons (Fsp3) is 0.167. The van der Waals surface area contributed by atoms with E-state index < -0.39 is 29.6 Å². The van der Waals surface area contributed by atoms with Crippen molar-refractivity contribution >= 4 is 22.7 Å². The van der Waals surface area contributed by atoms with Crippen molar-refractivity contribution < 1.29 is 9.59 Å². The topological polar surface area (TPSA) is 139 Å². The van der Waals surface area contributed by atoms with Crippen LogP contribution < -0.4 is 27.8 Å². The fourth-order valence-corrected chi connectivity index (χ4v) is 1.77. The third-order valence-electron chi connectivity index (χ3n) is 2.80. The molecule has 2 aromatic rings. The van der Waals surface area contributed by atoms with Crippen molar-refractivity contribution in [2.75, 3.05) is 6.54 Å².